The van der Waals surface area contributed by atoms with Gasteiger partial charge in [0.15, 0.2) is 6.61 Å². The highest BCUT2D eigenvalue weighted by atomic mass is 19.4. The van der Waals surface area contributed by atoms with Crippen LogP contribution in [0.1, 0.15) is 5.56 Å². The van der Waals surface area contributed by atoms with Crippen molar-refractivity contribution in [2.45, 2.75) is 12.7 Å². The van der Waals surface area contributed by atoms with E-state index in [4.69, 9.17) is 9.47 Å². The molecule has 0 unspecified atom stereocenters. The third kappa shape index (κ3) is 6.37. The molecule has 134 valence electrons. The third-order valence-electron chi connectivity index (χ3n) is 3.52. The summed E-state index contributed by atoms with van der Waals surface area (Å²) >= 11 is 0. The summed E-state index contributed by atoms with van der Waals surface area (Å²) in [4.78, 5) is 15.7. The molecule has 0 aromatic heterocycles. The first-order chi connectivity index (χ1) is 11.3. The summed E-state index contributed by atoms with van der Waals surface area (Å²) in [5.74, 6) is 0.183. The van der Waals surface area contributed by atoms with Crippen LogP contribution in [0.3, 0.4) is 0 Å². The van der Waals surface area contributed by atoms with Gasteiger partial charge in [0.1, 0.15) is 5.75 Å². The van der Waals surface area contributed by atoms with Crippen LogP contribution in [-0.4, -0.2) is 68.4 Å². The number of rotatable bonds is 6. The molecule has 0 saturated carbocycles. The number of likely N-dealkylation sites (N-methyl/N-ethyl adjacent to an activating group) is 1. The average molecular weight is 346 g/mol. The van der Waals surface area contributed by atoms with E-state index in [2.05, 4.69) is 0 Å². The van der Waals surface area contributed by atoms with Crippen LogP contribution in [0.4, 0.5) is 13.2 Å². The van der Waals surface area contributed by atoms with Crippen LogP contribution in [-0.2, 0) is 16.1 Å². The van der Waals surface area contributed by atoms with Crippen molar-refractivity contribution in [1.29, 1.82) is 0 Å². The highest BCUT2D eigenvalue weighted by Gasteiger charge is 2.28. The van der Waals surface area contributed by atoms with Gasteiger partial charge in [0.25, 0.3) is 0 Å². The predicted molar refractivity (Wildman–Crippen MR) is 81.7 cm³/mol. The Kier molecular flexibility index (Phi) is 6.44. The van der Waals surface area contributed by atoms with E-state index in [1.165, 1.54) is 6.07 Å². The summed E-state index contributed by atoms with van der Waals surface area (Å²) in [6, 6.07) is 6.46. The summed E-state index contributed by atoms with van der Waals surface area (Å²) in [6.45, 7) is 1.65. The monoisotopic (exact) mass is 346 g/mol. The predicted octanol–water partition coefficient (Wildman–Crippen LogP) is 1.92. The standard InChI is InChI=1S/C16H21F3N2O3/c1-20(11-15(22)21-5-7-23-8-6-21)10-13-3-2-4-14(9-13)24-12-16(17,18)19/h2-4,9H,5-8,10-12H2,1H3. The first kappa shape index (κ1) is 18.5. The topological polar surface area (TPSA) is 42.0 Å². The lowest BCUT2D eigenvalue weighted by Crippen LogP contribution is -2.44. The number of ether oxygens (including phenoxy) is 2. The number of halogens is 3. The second kappa shape index (κ2) is 8.34. The number of hydrogen-bond acceptors (Lipinski definition) is 4. The van der Waals surface area contributed by atoms with Gasteiger partial charge < -0.3 is 14.4 Å². The van der Waals surface area contributed by atoms with Crippen LogP contribution < -0.4 is 4.74 Å². The van der Waals surface area contributed by atoms with Crippen molar-refractivity contribution in [1.82, 2.24) is 9.80 Å². The van der Waals surface area contributed by atoms with E-state index in [0.29, 0.717) is 32.8 Å². The van der Waals surface area contributed by atoms with Crippen LogP contribution in [0.25, 0.3) is 0 Å². The zero-order chi connectivity index (χ0) is 17.6. The smallest absolute Gasteiger partial charge is 0.422 e. The molecule has 1 aliphatic heterocycles. The largest absolute Gasteiger partial charge is 0.484 e. The van der Waals surface area contributed by atoms with Crippen molar-refractivity contribution in [2.24, 2.45) is 0 Å². The number of benzene rings is 1. The summed E-state index contributed by atoms with van der Waals surface area (Å²) < 4.78 is 46.5. The van der Waals surface area contributed by atoms with E-state index >= 15 is 0 Å². The lowest BCUT2D eigenvalue weighted by Gasteiger charge is -2.28. The number of carbonyl (C=O) groups excluding carboxylic acids is 1. The number of morpholine rings is 1. The summed E-state index contributed by atoms with van der Waals surface area (Å²) in [5, 5.41) is 0. The van der Waals surface area contributed by atoms with Crippen LogP contribution in [0.15, 0.2) is 24.3 Å². The minimum atomic E-state index is -4.36. The van der Waals surface area contributed by atoms with Crippen molar-refractivity contribution < 1.29 is 27.4 Å². The zero-order valence-corrected chi connectivity index (χ0v) is 13.5. The van der Waals surface area contributed by atoms with Crippen molar-refractivity contribution in [3.8, 4) is 5.75 Å². The van der Waals surface area contributed by atoms with E-state index in [-0.39, 0.29) is 18.2 Å². The van der Waals surface area contributed by atoms with Gasteiger partial charge in [-0.05, 0) is 24.7 Å². The lowest BCUT2D eigenvalue weighted by atomic mass is 10.2. The van der Waals surface area contributed by atoms with E-state index < -0.39 is 12.8 Å². The quantitative estimate of drug-likeness (QED) is 0.789. The molecule has 0 aliphatic carbocycles. The molecule has 0 bridgehead atoms. The molecule has 0 N–H and O–H groups in total. The van der Waals surface area contributed by atoms with Crippen LogP contribution in [0.2, 0.25) is 0 Å². The van der Waals surface area contributed by atoms with Gasteiger partial charge in [0, 0.05) is 19.6 Å². The normalized spacial score (nSPS) is 15.6. The fourth-order valence-electron chi connectivity index (χ4n) is 2.41. The van der Waals surface area contributed by atoms with Crippen LogP contribution >= 0.6 is 0 Å². The van der Waals surface area contributed by atoms with Gasteiger partial charge in [-0.25, -0.2) is 0 Å². The van der Waals surface area contributed by atoms with Gasteiger partial charge in [0.05, 0.1) is 19.8 Å². The van der Waals surface area contributed by atoms with Crippen molar-refractivity contribution in [3.63, 3.8) is 0 Å². The molecule has 0 spiro atoms. The Bertz CT molecular complexity index is 546. The number of amides is 1. The Labute approximate surface area is 138 Å². The molecule has 1 saturated heterocycles. The third-order valence-corrected chi connectivity index (χ3v) is 3.52. The molecule has 0 atom stereocenters. The fraction of sp³-hybridized carbons (Fsp3) is 0.562. The summed E-state index contributed by atoms with van der Waals surface area (Å²) in [6.07, 6.45) is -4.36. The maximum atomic E-state index is 12.2. The molecule has 1 heterocycles. The van der Waals surface area contributed by atoms with Crippen LogP contribution in [0.5, 0.6) is 5.75 Å². The molecule has 0 radical (unpaired) electrons. The van der Waals surface area contributed by atoms with Gasteiger partial charge in [-0.2, -0.15) is 13.2 Å². The number of carbonyl (C=O) groups is 1. The molecule has 5 nitrogen and oxygen atoms in total. The molecule has 24 heavy (non-hydrogen) atoms. The molecule has 1 aromatic carbocycles. The number of alkyl halides is 3. The molecule has 1 amide bonds. The maximum absolute atomic E-state index is 12.2. The van der Waals surface area contributed by atoms with Crippen LogP contribution in [0, 0.1) is 0 Å². The van der Waals surface area contributed by atoms with E-state index in [1.807, 2.05) is 4.90 Å². The van der Waals surface area contributed by atoms with Crippen molar-refractivity contribution >= 4 is 5.91 Å². The molecular weight excluding hydrogens is 325 g/mol. The lowest BCUT2D eigenvalue weighted by molar-refractivity contribution is -0.153. The van der Waals surface area contributed by atoms with Crippen molar-refractivity contribution in [2.75, 3.05) is 46.5 Å². The first-order valence-corrected chi connectivity index (χ1v) is 7.66. The van der Waals surface area contributed by atoms with Gasteiger partial charge in [0.2, 0.25) is 5.91 Å². The SMILES string of the molecule is CN(CC(=O)N1CCOCC1)Cc1cccc(OCC(F)(F)F)c1. The second-order valence-electron chi connectivity index (χ2n) is 5.72. The molecule has 2 rings (SSSR count). The van der Waals surface area contributed by atoms with Crippen molar-refractivity contribution in [3.05, 3.63) is 29.8 Å². The van der Waals surface area contributed by atoms with Gasteiger partial charge >= 0.3 is 6.18 Å². The van der Waals surface area contributed by atoms with E-state index in [1.54, 1.807) is 30.1 Å². The number of nitrogens with zero attached hydrogens (tertiary/aromatic N) is 2. The second-order valence-corrected chi connectivity index (χ2v) is 5.72. The summed E-state index contributed by atoms with van der Waals surface area (Å²) in [7, 11) is 1.79. The Morgan fingerprint density at radius 2 is 2.04 bits per heavy atom. The zero-order valence-electron chi connectivity index (χ0n) is 13.5. The number of hydrogen-bond donors (Lipinski definition) is 0. The van der Waals surface area contributed by atoms with Gasteiger partial charge in [-0.3, -0.25) is 9.69 Å². The van der Waals surface area contributed by atoms with Gasteiger partial charge in [-0.1, -0.05) is 12.1 Å². The highest BCUT2D eigenvalue weighted by molar-refractivity contribution is 5.78. The maximum Gasteiger partial charge on any atom is 0.422 e. The average Bonchev–Trinajstić information content (AvgIpc) is 2.53. The molecular formula is C16H21F3N2O3. The highest BCUT2D eigenvalue weighted by Crippen LogP contribution is 2.20. The van der Waals surface area contributed by atoms with E-state index in [9.17, 15) is 18.0 Å². The first-order valence-electron chi connectivity index (χ1n) is 7.66. The minimum Gasteiger partial charge on any atom is -0.484 e. The molecule has 1 aromatic rings. The van der Waals surface area contributed by atoms with Gasteiger partial charge in [-0.15, -0.1) is 0 Å². The Morgan fingerprint density at radius 3 is 2.71 bits per heavy atom. The minimum absolute atomic E-state index is 0.0188. The molecule has 8 heteroatoms. The Morgan fingerprint density at radius 1 is 1.33 bits per heavy atom. The summed E-state index contributed by atoms with van der Waals surface area (Å²) in [5.41, 5.74) is 0.784. The molecule has 1 fully saturated rings. The Balaban J connectivity index is 1.84. The van der Waals surface area contributed by atoms with E-state index in [0.717, 1.165) is 5.56 Å². The Hall–Kier alpha value is -1.80. The fourth-order valence-corrected chi connectivity index (χ4v) is 2.41. The molecule has 1 aliphatic rings.